The molecule has 20 heavy (non-hydrogen) atoms. The fraction of sp³-hybridized carbons (Fsp3) is 0.538. The molecule has 2 rings (SSSR count). The molecule has 1 aromatic rings. The summed E-state index contributed by atoms with van der Waals surface area (Å²) < 4.78 is 58.1. The molecule has 0 radical (unpaired) electrons. The number of hydrogen-bond donors (Lipinski definition) is 1. The third-order valence-corrected chi connectivity index (χ3v) is 2.73. The highest BCUT2D eigenvalue weighted by molar-refractivity contribution is 5.29. The minimum absolute atomic E-state index is 0.123. The number of halogens is 4. The number of benzene rings is 1. The number of nitrogens with one attached hydrogen (secondary N) is 1. The molecule has 1 aromatic carbocycles. The van der Waals surface area contributed by atoms with Crippen molar-refractivity contribution in [2.24, 2.45) is 0 Å². The molecule has 1 fully saturated rings. The SMILES string of the molecule is Fc1cc(CNC2CC2)ccc1OCOCC(F)(F)F. The van der Waals surface area contributed by atoms with E-state index in [0.717, 1.165) is 18.4 Å². The van der Waals surface area contributed by atoms with E-state index in [1.807, 2.05) is 0 Å². The van der Waals surface area contributed by atoms with Crippen LogP contribution in [0.1, 0.15) is 18.4 Å². The second kappa shape index (κ2) is 6.41. The van der Waals surface area contributed by atoms with Gasteiger partial charge in [-0.15, -0.1) is 0 Å². The van der Waals surface area contributed by atoms with Gasteiger partial charge in [-0.25, -0.2) is 4.39 Å². The molecule has 1 saturated carbocycles. The number of rotatable bonds is 7. The van der Waals surface area contributed by atoms with Gasteiger partial charge in [0.05, 0.1) is 0 Å². The van der Waals surface area contributed by atoms with Crippen molar-refractivity contribution in [1.29, 1.82) is 0 Å². The molecule has 0 aromatic heterocycles. The Bertz CT molecular complexity index is 446. The van der Waals surface area contributed by atoms with Crippen molar-refractivity contribution in [3.05, 3.63) is 29.6 Å². The van der Waals surface area contributed by atoms with Gasteiger partial charge < -0.3 is 14.8 Å². The van der Waals surface area contributed by atoms with Gasteiger partial charge >= 0.3 is 6.18 Å². The van der Waals surface area contributed by atoms with E-state index >= 15 is 0 Å². The van der Waals surface area contributed by atoms with Crippen LogP contribution < -0.4 is 10.1 Å². The van der Waals surface area contributed by atoms with Gasteiger partial charge in [0.1, 0.15) is 6.61 Å². The van der Waals surface area contributed by atoms with Crippen molar-refractivity contribution in [3.63, 3.8) is 0 Å². The van der Waals surface area contributed by atoms with Crippen LogP contribution in [0.3, 0.4) is 0 Å². The summed E-state index contributed by atoms with van der Waals surface area (Å²) in [6.45, 7) is -1.50. The Morgan fingerprint density at radius 1 is 1.25 bits per heavy atom. The molecule has 7 heteroatoms. The molecule has 1 aliphatic rings. The fourth-order valence-electron chi connectivity index (χ4n) is 1.58. The molecule has 0 amide bonds. The second-order valence-corrected chi connectivity index (χ2v) is 4.65. The van der Waals surface area contributed by atoms with Crippen molar-refractivity contribution in [1.82, 2.24) is 5.32 Å². The summed E-state index contributed by atoms with van der Waals surface area (Å²) in [6.07, 6.45) is -2.14. The first-order chi connectivity index (χ1) is 9.44. The largest absolute Gasteiger partial charge is 0.464 e. The maximum Gasteiger partial charge on any atom is 0.411 e. The van der Waals surface area contributed by atoms with Crippen molar-refractivity contribution in [3.8, 4) is 5.75 Å². The predicted molar refractivity (Wildman–Crippen MR) is 63.8 cm³/mol. The van der Waals surface area contributed by atoms with E-state index in [0.29, 0.717) is 12.6 Å². The lowest BCUT2D eigenvalue weighted by atomic mass is 10.2. The van der Waals surface area contributed by atoms with Crippen LogP contribution in [0.15, 0.2) is 18.2 Å². The molecule has 112 valence electrons. The van der Waals surface area contributed by atoms with Crippen molar-refractivity contribution in [2.45, 2.75) is 31.6 Å². The Labute approximate surface area is 113 Å². The lowest BCUT2D eigenvalue weighted by Crippen LogP contribution is -2.19. The van der Waals surface area contributed by atoms with Crippen molar-refractivity contribution >= 4 is 0 Å². The lowest BCUT2D eigenvalue weighted by Gasteiger charge is -2.11. The number of ether oxygens (including phenoxy) is 2. The van der Waals surface area contributed by atoms with Crippen LogP contribution in [0.25, 0.3) is 0 Å². The van der Waals surface area contributed by atoms with E-state index in [1.54, 1.807) is 6.07 Å². The monoisotopic (exact) mass is 293 g/mol. The van der Waals surface area contributed by atoms with Crippen LogP contribution in [-0.4, -0.2) is 25.6 Å². The summed E-state index contributed by atoms with van der Waals surface area (Å²) in [6, 6.07) is 4.87. The topological polar surface area (TPSA) is 30.5 Å². The molecule has 0 saturated heterocycles. The molecule has 1 aliphatic carbocycles. The van der Waals surface area contributed by atoms with Gasteiger partial charge in [-0.3, -0.25) is 0 Å². The first-order valence-electron chi connectivity index (χ1n) is 6.23. The molecule has 0 heterocycles. The van der Waals surface area contributed by atoms with Crippen LogP contribution in [0.2, 0.25) is 0 Å². The Hall–Kier alpha value is -1.34. The first kappa shape index (κ1) is 15.1. The van der Waals surface area contributed by atoms with Gasteiger partial charge in [0, 0.05) is 12.6 Å². The minimum Gasteiger partial charge on any atom is -0.464 e. The summed E-state index contributed by atoms with van der Waals surface area (Å²) >= 11 is 0. The quantitative estimate of drug-likeness (QED) is 0.476. The molecule has 1 N–H and O–H groups in total. The van der Waals surface area contributed by atoms with Crippen LogP contribution in [0.4, 0.5) is 17.6 Å². The highest BCUT2D eigenvalue weighted by Crippen LogP contribution is 2.22. The highest BCUT2D eigenvalue weighted by atomic mass is 19.4. The Morgan fingerprint density at radius 2 is 2.00 bits per heavy atom. The van der Waals surface area contributed by atoms with Crippen LogP contribution >= 0.6 is 0 Å². The highest BCUT2D eigenvalue weighted by Gasteiger charge is 2.27. The molecule has 0 atom stereocenters. The van der Waals surface area contributed by atoms with Crippen LogP contribution in [0.5, 0.6) is 5.75 Å². The average Bonchev–Trinajstić information content (AvgIpc) is 3.17. The zero-order valence-electron chi connectivity index (χ0n) is 10.7. The van der Waals surface area contributed by atoms with Gasteiger partial charge in [0.15, 0.2) is 18.4 Å². The van der Waals surface area contributed by atoms with E-state index in [4.69, 9.17) is 4.74 Å². The summed E-state index contributed by atoms with van der Waals surface area (Å²) in [5.41, 5.74) is 0.762. The molecule has 0 aliphatic heterocycles. The molecular formula is C13H15F4NO2. The predicted octanol–water partition coefficient (Wildman–Crippen LogP) is 2.99. The maximum atomic E-state index is 13.6. The summed E-state index contributed by atoms with van der Waals surface area (Å²) in [4.78, 5) is 0. The second-order valence-electron chi connectivity index (χ2n) is 4.65. The standard InChI is InChI=1S/C13H15F4NO2/c14-11-5-9(6-18-10-2-3-10)1-4-12(11)20-8-19-7-13(15,16)17/h1,4-5,10,18H,2-3,6-8H2. The van der Waals surface area contributed by atoms with E-state index < -0.39 is 25.4 Å². The van der Waals surface area contributed by atoms with E-state index in [9.17, 15) is 17.6 Å². The Kier molecular flexibility index (Phi) is 4.82. The van der Waals surface area contributed by atoms with Gasteiger partial charge in [-0.1, -0.05) is 6.07 Å². The third-order valence-electron chi connectivity index (χ3n) is 2.73. The molecular weight excluding hydrogens is 278 g/mol. The van der Waals surface area contributed by atoms with Gasteiger partial charge in [-0.2, -0.15) is 13.2 Å². The summed E-state index contributed by atoms with van der Waals surface area (Å²) in [5, 5.41) is 3.23. The van der Waals surface area contributed by atoms with E-state index in [2.05, 4.69) is 10.1 Å². The smallest absolute Gasteiger partial charge is 0.411 e. The molecule has 0 bridgehead atoms. The zero-order valence-corrected chi connectivity index (χ0v) is 10.7. The van der Waals surface area contributed by atoms with Crippen LogP contribution in [0, 0.1) is 5.82 Å². The minimum atomic E-state index is -4.42. The van der Waals surface area contributed by atoms with Crippen molar-refractivity contribution < 1.29 is 27.0 Å². The van der Waals surface area contributed by atoms with Gasteiger partial charge in [0.25, 0.3) is 0 Å². The van der Waals surface area contributed by atoms with Gasteiger partial charge in [0.2, 0.25) is 0 Å². The van der Waals surface area contributed by atoms with Crippen LogP contribution in [-0.2, 0) is 11.3 Å². The zero-order chi connectivity index (χ0) is 14.6. The summed E-state index contributed by atoms with van der Waals surface area (Å²) in [5.74, 6) is -0.738. The number of hydrogen-bond acceptors (Lipinski definition) is 3. The first-order valence-corrected chi connectivity index (χ1v) is 6.23. The molecule has 3 nitrogen and oxygen atoms in total. The summed E-state index contributed by atoms with van der Waals surface area (Å²) in [7, 11) is 0. The van der Waals surface area contributed by atoms with Gasteiger partial charge in [-0.05, 0) is 30.5 Å². The number of alkyl halides is 3. The molecule has 0 unspecified atom stereocenters. The average molecular weight is 293 g/mol. The fourth-order valence-corrected chi connectivity index (χ4v) is 1.58. The maximum absolute atomic E-state index is 13.6. The van der Waals surface area contributed by atoms with E-state index in [-0.39, 0.29) is 5.75 Å². The van der Waals surface area contributed by atoms with E-state index in [1.165, 1.54) is 12.1 Å². The normalized spacial score (nSPS) is 15.4. The molecule has 0 spiro atoms. The Balaban J connectivity index is 1.76. The van der Waals surface area contributed by atoms with Crippen molar-refractivity contribution in [2.75, 3.05) is 13.4 Å². The lowest BCUT2D eigenvalue weighted by molar-refractivity contribution is -0.187. The third kappa shape index (κ3) is 5.34. The Morgan fingerprint density at radius 3 is 2.60 bits per heavy atom.